The molecular weight excluding hydrogens is 372 g/mol. The van der Waals surface area contributed by atoms with Gasteiger partial charge in [-0.2, -0.15) is 4.99 Å². The summed E-state index contributed by atoms with van der Waals surface area (Å²) in [6.45, 7) is 0. The van der Waals surface area contributed by atoms with Crippen molar-refractivity contribution >= 4 is 37.3 Å². The van der Waals surface area contributed by atoms with Crippen molar-refractivity contribution in [1.29, 1.82) is 0 Å². The van der Waals surface area contributed by atoms with Crippen molar-refractivity contribution in [3.63, 3.8) is 0 Å². The Morgan fingerprint density at radius 2 is 1.85 bits per heavy atom. The van der Waals surface area contributed by atoms with Gasteiger partial charge in [0.05, 0.1) is 28.0 Å². The third-order valence-corrected chi connectivity index (χ3v) is 6.78. The molecule has 0 saturated heterocycles. The van der Waals surface area contributed by atoms with Gasteiger partial charge in [-0.15, -0.1) is 0 Å². The first-order valence-electron chi connectivity index (χ1n) is 7.89. The summed E-state index contributed by atoms with van der Waals surface area (Å²) in [7, 11) is -0.203. The van der Waals surface area contributed by atoms with Crippen LogP contribution in [0.25, 0.3) is 10.2 Å². The largest absolute Gasteiger partial charge is 0.497 e. The molecule has 6 nitrogen and oxygen atoms in total. The van der Waals surface area contributed by atoms with E-state index in [9.17, 15) is 13.2 Å². The highest BCUT2D eigenvalue weighted by atomic mass is 32.2. The van der Waals surface area contributed by atoms with Crippen molar-refractivity contribution < 1.29 is 17.9 Å². The fourth-order valence-corrected chi connectivity index (χ4v) is 4.74. The van der Waals surface area contributed by atoms with Gasteiger partial charge in [-0.1, -0.05) is 23.5 Å². The van der Waals surface area contributed by atoms with Gasteiger partial charge in [0.15, 0.2) is 14.6 Å². The molecule has 0 fully saturated rings. The molecule has 1 amide bonds. The Bertz CT molecular complexity index is 1110. The number of methoxy groups -OCH3 is 1. The van der Waals surface area contributed by atoms with Crippen LogP contribution in [0.5, 0.6) is 5.75 Å². The molecule has 2 aromatic carbocycles. The number of aryl methyl sites for hydroxylation is 1. The van der Waals surface area contributed by atoms with Crippen molar-refractivity contribution in [2.45, 2.75) is 11.3 Å². The molecule has 0 N–H and O–H groups in total. The zero-order valence-electron chi connectivity index (χ0n) is 14.4. The molecule has 0 aliphatic rings. The number of aromatic nitrogens is 1. The van der Waals surface area contributed by atoms with Crippen molar-refractivity contribution in [3.05, 3.63) is 53.3 Å². The maximum atomic E-state index is 12.4. The predicted octanol–water partition coefficient (Wildman–Crippen LogP) is 2.54. The summed E-state index contributed by atoms with van der Waals surface area (Å²) < 4.78 is 32.6. The van der Waals surface area contributed by atoms with E-state index in [0.717, 1.165) is 10.2 Å². The van der Waals surface area contributed by atoms with Crippen LogP contribution >= 0.6 is 11.3 Å². The number of amides is 1. The van der Waals surface area contributed by atoms with Crippen LogP contribution in [0.4, 0.5) is 0 Å². The van der Waals surface area contributed by atoms with Gasteiger partial charge in [0.1, 0.15) is 5.75 Å². The second kappa shape index (κ2) is 7.43. The second-order valence-electron chi connectivity index (χ2n) is 5.66. The van der Waals surface area contributed by atoms with Gasteiger partial charge in [-0.3, -0.25) is 4.79 Å². The summed E-state index contributed by atoms with van der Waals surface area (Å²) in [6, 6.07) is 13.9. The zero-order valence-corrected chi connectivity index (χ0v) is 16.0. The number of nitrogens with zero attached hydrogens (tertiary/aromatic N) is 2. The van der Waals surface area contributed by atoms with Gasteiger partial charge >= 0.3 is 0 Å². The highest BCUT2D eigenvalue weighted by Crippen LogP contribution is 2.18. The molecule has 1 heterocycles. The fraction of sp³-hybridized carbons (Fsp3) is 0.222. The number of ether oxygens (including phenoxy) is 1. The standard InChI is InChI=1S/C18H18N2O4S2/c1-20-15-5-3-4-6-16(15)25-18(20)19-17(21)11-12-26(22,23)14-9-7-13(24-2)8-10-14/h3-10H,11-12H2,1-2H3. The number of para-hydroxylation sites is 1. The molecule has 26 heavy (non-hydrogen) atoms. The van der Waals surface area contributed by atoms with E-state index in [1.165, 1.54) is 30.6 Å². The van der Waals surface area contributed by atoms with E-state index in [-0.39, 0.29) is 17.1 Å². The zero-order chi connectivity index (χ0) is 18.7. The molecule has 0 radical (unpaired) electrons. The minimum absolute atomic E-state index is 0.164. The Kier molecular flexibility index (Phi) is 5.24. The lowest BCUT2D eigenvalue weighted by molar-refractivity contribution is -0.117. The molecule has 8 heteroatoms. The Balaban J connectivity index is 1.76. The second-order valence-corrected chi connectivity index (χ2v) is 8.78. The number of benzene rings is 2. The SMILES string of the molecule is COc1ccc(S(=O)(=O)CCC(=O)N=c2sc3ccccc3n2C)cc1. The minimum Gasteiger partial charge on any atom is -0.497 e. The lowest BCUT2D eigenvalue weighted by Crippen LogP contribution is -2.15. The maximum absolute atomic E-state index is 12.4. The van der Waals surface area contributed by atoms with Crippen molar-refractivity contribution in [2.75, 3.05) is 12.9 Å². The van der Waals surface area contributed by atoms with Crippen LogP contribution in [0.1, 0.15) is 6.42 Å². The summed E-state index contributed by atoms with van der Waals surface area (Å²) in [4.78, 5) is 17.0. The third kappa shape index (κ3) is 3.86. The number of thiazole rings is 1. The van der Waals surface area contributed by atoms with E-state index in [0.29, 0.717) is 10.6 Å². The van der Waals surface area contributed by atoms with Gasteiger partial charge in [0.2, 0.25) is 5.91 Å². The maximum Gasteiger partial charge on any atom is 0.249 e. The monoisotopic (exact) mass is 390 g/mol. The lowest BCUT2D eigenvalue weighted by Gasteiger charge is -2.04. The van der Waals surface area contributed by atoms with Crippen molar-refractivity contribution in [2.24, 2.45) is 12.0 Å². The van der Waals surface area contributed by atoms with Crippen LogP contribution in [-0.4, -0.2) is 31.8 Å². The van der Waals surface area contributed by atoms with Crippen LogP contribution in [-0.2, 0) is 21.7 Å². The third-order valence-electron chi connectivity index (χ3n) is 3.94. The first-order valence-corrected chi connectivity index (χ1v) is 10.4. The fourth-order valence-electron chi connectivity index (χ4n) is 2.47. The summed E-state index contributed by atoms with van der Waals surface area (Å²) >= 11 is 1.40. The molecule has 0 saturated carbocycles. The summed E-state index contributed by atoms with van der Waals surface area (Å²) in [5, 5.41) is 0. The Hall–Kier alpha value is -2.45. The highest BCUT2D eigenvalue weighted by molar-refractivity contribution is 7.91. The molecule has 0 aliphatic carbocycles. The summed E-state index contributed by atoms with van der Waals surface area (Å²) in [6.07, 6.45) is -0.164. The van der Waals surface area contributed by atoms with Crippen LogP contribution in [0.2, 0.25) is 0 Å². The van der Waals surface area contributed by atoms with Crippen LogP contribution in [0.15, 0.2) is 58.4 Å². The number of carbonyl (C=O) groups is 1. The molecule has 1 aromatic heterocycles. The van der Waals surface area contributed by atoms with Gasteiger partial charge < -0.3 is 9.30 Å². The molecule has 0 aliphatic heterocycles. The van der Waals surface area contributed by atoms with Crippen LogP contribution in [0, 0.1) is 0 Å². The predicted molar refractivity (Wildman–Crippen MR) is 101 cm³/mol. The van der Waals surface area contributed by atoms with Gasteiger partial charge in [0, 0.05) is 13.5 Å². The van der Waals surface area contributed by atoms with Crippen LogP contribution < -0.4 is 9.54 Å². The molecular formula is C18H18N2O4S2. The van der Waals surface area contributed by atoms with Gasteiger partial charge in [-0.05, 0) is 36.4 Å². The molecule has 0 bridgehead atoms. The lowest BCUT2D eigenvalue weighted by atomic mass is 10.3. The number of sulfone groups is 1. The Morgan fingerprint density at radius 3 is 2.50 bits per heavy atom. The number of carbonyl (C=O) groups excluding carboxylic acids is 1. The summed E-state index contributed by atoms with van der Waals surface area (Å²) in [5.41, 5.74) is 0.981. The minimum atomic E-state index is -3.55. The number of rotatable bonds is 5. The van der Waals surface area contributed by atoms with E-state index >= 15 is 0 Å². The summed E-state index contributed by atoms with van der Waals surface area (Å²) in [5.74, 6) is -0.160. The van der Waals surface area contributed by atoms with Crippen molar-refractivity contribution in [3.8, 4) is 5.75 Å². The molecule has 3 aromatic rings. The number of hydrogen-bond donors (Lipinski definition) is 0. The number of fused-ring (bicyclic) bond motifs is 1. The average molecular weight is 390 g/mol. The topological polar surface area (TPSA) is 77.7 Å². The van der Waals surface area contributed by atoms with E-state index in [1.54, 1.807) is 12.1 Å². The number of hydrogen-bond acceptors (Lipinski definition) is 5. The first-order chi connectivity index (χ1) is 12.4. The van der Waals surface area contributed by atoms with Gasteiger partial charge in [0.25, 0.3) is 0 Å². The molecule has 136 valence electrons. The molecule has 0 unspecified atom stereocenters. The molecule has 3 rings (SSSR count). The Labute approximate surface area is 155 Å². The van der Waals surface area contributed by atoms with Crippen LogP contribution in [0.3, 0.4) is 0 Å². The van der Waals surface area contributed by atoms with E-state index in [1.807, 2.05) is 35.9 Å². The first kappa shape index (κ1) is 18.3. The van der Waals surface area contributed by atoms with Gasteiger partial charge in [-0.25, -0.2) is 8.42 Å². The molecule has 0 atom stereocenters. The average Bonchev–Trinajstić information content (AvgIpc) is 2.96. The normalized spacial score (nSPS) is 12.5. The van der Waals surface area contributed by atoms with E-state index < -0.39 is 15.7 Å². The van der Waals surface area contributed by atoms with E-state index in [4.69, 9.17) is 4.74 Å². The Morgan fingerprint density at radius 1 is 1.15 bits per heavy atom. The van der Waals surface area contributed by atoms with E-state index in [2.05, 4.69) is 4.99 Å². The smallest absolute Gasteiger partial charge is 0.249 e. The molecule has 0 spiro atoms. The quantitative estimate of drug-likeness (QED) is 0.671. The highest BCUT2D eigenvalue weighted by Gasteiger charge is 2.16. The van der Waals surface area contributed by atoms with Crippen molar-refractivity contribution in [1.82, 2.24) is 4.57 Å².